The number of nitro benzene ring substituents is 1. The smallest absolute Gasteiger partial charge is 0.415 e. The Labute approximate surface area is 171 Å². The predicted octanol–water partition coefficient (Wildman–Crippen LogP) is 2.37. The molecule has 0 N–H and O–H groups in total. The molecule has 4 rings (SSSR count). The molecule has 30 heavy (non-hydrogen) atoms. The third kappa shape index (κ3) is 4.37. The molecule has 1 aliphatic rings. The molecule has 1 aliphatic heterocycles. The number of aromatic nitrogens is 2. The summed E-state index contributed by atoms with van der Waals surface area (Å²) in [6, 6.07) is 15.7. The molecule has 0 saturated carbocycles. The summed E-state index contributed by atoms with van der Waals surface area (Å²) in [7, 11) is 0. The van der Waals surface area contributed by atoms with E-state index in [1.54, 1.807) is 17.0 Å². The molecule has 0 atom stereocenters. The van der Waals surface area contributed by atoms with E-state index < -0.39 is 4.92 Å². The number of rotatable bonds is 6. The van der Waals surface area contributed by atoms with Crippen molar-refractivity contribution in [1.29, 1.82) is 0 Å². The number of carbonyl (C=O) groups excluding carboxylic acids is 1. The van der Waals surface area contributed by atoms with Gasteiger partial charge in [0.2, 0.25) is 0 Å². The third-order valence-corrected chi connectivity index (χ3v) is 4.80. The van der Waals surface area contributed by atoms with Crippen molar-refractivity contribution in [1.82, 2.24) is 15.1 Å². The van der Waals surface area contributed by atoms with E-state index in [1.165, 1.54) is 12.1 Å². The van der Waals surface area contributed by atoms with Crippen molar-refractivity contribution in [3.8, 4) is 17.5 Å². The Balaban J connectivity index is 1.26. The second-order valence-corrected chi connectivity index (χ2v) is 6.67. The van der Waals surface area contributed by atoms with Crippen molar-refractivity contribution in [3.63, 3.8) is 0 Å². The molecule has 0 spiro atoms. The van der Waals surface area contributed by atoms with E-state index in [0.717, 1.165) is 11.3 Å². The van der Waals surface area contributed by atoms with Crippen molar-refractivity contribution in [2.24, 2.45) is 0 Å². The number of anilines is 1. The van der Waals surface area contributed by atoms with Crippen LogP contribution in [0.15, 0.2) is 59.0 Å². The Morgan fingerprint density at radius 1 is 1.03 bits per heavy atom. The summed E-state index contributed by atoms with van der Waals surface area (Å²) in [6.07, 6.45) is -0.0493. The number of benzene rings is 2. The predicted molar refractivity (Wildman–Crippen MR) is 107 cm³/mol. The fourth-order valence-corrected chi connectivity index (χ4v) is 3.18. The van der Waals surface area contributed by atoms with E-state index in [0.29, 0.717) is 32.1 Å². The van der Waals surface area contributed by atoms with Gasteiger partial charge >= 0.3 is 6.08 Å². The zero-order valence-corrected chi connectivity index (χ0v) is 16.0. The number of nitro groups is 1. The van der Waals surface area contributed by atoms with Crippen LogP contribution < -0.4 is 9.64 Å². The Hall–Kier alpha value is -3.95. The molecule has 0 radical (unpaired) electrons. The monoisotopic (exact) mass is 409 g/mol. The molecule has 1 saturated heterocycles. The molecule has 10 nitrogen and oxygen atoms in total. The van der Waals surface area contributed by atoms with E-state index in [-0.39, 0.29) is 24.3 Å². The molecule has 1 fully saturated rings. The quantitative estimate of drug-likeness (QED) is 0.450. The lowest BCUT2D eigenvalue weighted by atomic mass is 10.2. The third-order valence-electron chi connectivity index (χ3n) is 4.80. The van der Waals surface area contributed by atoms with Crippen molar-refractivity contribution in [2.75, 3.05) is 37.7 Å². The highest BCUT2D eigenvalue weighted by molar-refractivity contribution is 5.78. The van der Waals surface area contributed by atoms with Gasteiger partial charge in [-0.2, -0.15) is 0 Å². The second kappa shape index (κ2) is 8.60. The average molecular weight is 409 g/mol. The van der Waals surface area contributed by atoms with Crippen molar-refractivity contribution in [3.05, 3.63) is 64.7 Å². The Morgan fingerprint density at radius 3 is 2.40 bits per heavy atom. The van der Waals surface area contributed by atoms with Crippen LogP contribution in [0.1, 0.15) is 0 Å². The first-order valence-electron chi connectivity index (χ1n) is 9.39. The first-order chi connectivity index (χ1) is 14.6. The van der Waals surface area contributed by atoms with Crippen LogP contribution in [0.3, 0.4) is 0 Å². The minimum Gasteiger partial charge on any atom is -0.439 e. The Kier molecular flexibility index (Phi) is 5.55. The summed E-state index contributed by atoms with van der Waals surface area (Å²) < 4.78 is 10.8. The highest BCUT2D eigenvalue weighted by Gasteiger charge is 2.22. The maximum Gasteiger partial charge on any atom is 0.415 e. The van der Waals surface area contributed by atoms with Crippen LogP contribution >= 0.6 is 0 Å². The number of hydrogen-bond acceptors (Lipinski definition) is 8. The minimum absolute atomic E-state index is 0.0493. The van der Waals surface area contributed by atoms with Crippen LogP contribution in [0.5, 0.6) is 6.08 Å². The van der Waals surface area contributed by atoms with Crippen molar-refractivity contribution < 1.29 is 18.9 Å². The molecule has 154 valence electrons. The summed E-state index contributed by atoms with van der Waals surface area (Å²) in [6.45, 7) is 2.12. The molecule has 1 amide bonds. The van der Waals surface area contributed by atoms with Crippen LogP contribution in [0.25, 0.3) is 11.5 Å². The number of amides is 1. The normalized spacial score (nSPS) is 13.9. The van der Waals surface area contributed by atoms with Gasteiger partial charge in [-0.25, -0.2) is 0 Å². The first kappa shape index (κ1) is 19.4. The zero-order chi connectivity index (χ0) is 20.9. The van der Waals surface area contributed by atoms with Gasteiger partial charge in [0.1, 0.15) is 0 Å². The van der Waals surface area contributed by atoms with E-state index in [9.17, 15) is 14.9 Å². The van der Waals surface area contributed by atoms with Crippen LogP contribution in [-0.4, -0.2) is 58.7 Å². The first-order valence-corrected chi connectivity index (χ1v) is 9.39. The SMILES string of the molecule is O=C(COc1nnc(-c2ccccc2)o1)N1CCN(c2ccc([N+](=O)[O-])cc2)CC1. The van der Waals surface area contributed by atoms with Gasteiger partial charge in [-0.3, -0.25) is 14.9 Å². The topological polar surface area (TPSA) is 115 Å². The van der Waals surface area contributed by atoms with E-state index in [4.69, 9.17) is 9.15 Å². The molecular formula is C20H19N5O5. The second-order valence-electron chi connectivity index (χ2n) is 6.67. The van der Waals surface area contributed by atoms with Gasteiger partial charge in [0, 0.05) is 49.6 Å². The molecular weight excluding hydrogens is 390 g/mol. The summed E-state index contributed by atoms with van der Waals surface area (Å²) in [5.41, 5.74) is 1.72. The van der Waals surface area contributed by atoms with Gasteiger partial charge in [-0.05, 0) is 24.3 Å². The van der Waals surface area contributed by atoms with E-state index in [2.05, 4.69) is 15.1 Å². The largest absolute Gasteiger partial charge is 0.439 e. The van der Waals surface area contributed by atoms with Gasteiger partial charge < -0.3 is 19.0 Å². The molecule has 0 unspecified atom stereocenters. The summed E-state index contributed by atoms with van der Waals surface area (Å²) in [4.78, 5) is 26.6. The van der Waals surface area contributed by atoms with Gasteiger partial charge in [-0.1, -0.05) is 23.3 Å². The summed E-state index contributed by atoms with van der Waals surface area (Å²) >= 11 is 0. The number of carbonyl (C=O) groups is 1. The van der Waals surface area contributed by atoms with Crippen LogP contribution in [0, 0.1) is 10.1 Å². The fourth-order valence-electron chi connectivity index (χ4n) is 3.18. The molecule has 3 aromatic rings. The van der Waals surface area contributed by atoms with Gasteiger partial charge in [0.05, 0.1) is 4.92 Å². The highest BCUT2D eigenvalue weighted by Crippen LogP contribution is 2.22. The lowest BCUT2D eigenvalue weighted by Crippen LogP contribution is -2.50. The van der Waals surface area contributed by atoms with E-state index in [1.807, 2.05) is 30.3 Å². The number of non-ortho nitro benzene ring substituents is 1. The van der Waals surface area contributed by atoms with Crippen LogP contribution in [-0.2, 0) is 4.79 Å². The molecule has 10 heteroatoms. The summed E-state index contributed by atoms with van der Waals surface area (Å²) in [5.74, 6) is 0.160. The van der Waals surface area contributed by atoms with E-state index >= 15 is 0 Å². The number of nitrogens with zero attached hydrogens (tertiary/aromatic N) is 5. The lowest BCUT2D eigenvalue weighted by molar-refractivity contribution is -0.384. The number of ether oxygens (including phenoxy) is 1. The Bertz CT molecular complexity index is 1010. The minimum atomic E-state index is -0.424. The number of piperazine rings is 1. The van der Waals surface area contributed by atoms with Gasteiger partial charge in [-0.15, -0.1) is 5.10 Å². The molecule has 2 heterocycles. The maximum atomic E-state index is 12.4. The molecule has 1 aromatic heterocycles. The molecule has 2 aromatic carbocycles. The van der Waals surface area contributed by atoms with Crippen molar-refractivity contribution in [2.45, 2.75) is 0 Å². The number of hydrogen-bond donors (Lipinski definition) is 0. The van der Waals surface area contributed by atoms with Gasteiger partial charge in [0.15, 0.2) is 6.61 Å². The maximum absolute atomic E-state index is 12.4. The summed E-state index contributed by atoms with van der Waals surface area (Å²) in [5, 5.41) is 18.5. The van der Waals surface area contributed by atoms with Crippen molar-refractivity contribution >= 4 is 17.3 Å². The average Bonchev–Trinajstić information content (AvgIpc) is 3.27. The molecule has 0 aliphatic carbocycles. The lowest BCUT2D eigenvalue weighted by Gasteiger charge is -2.35. The van der Waals surface area contributed by atoms with Crippen LogP contribution in [0.4, 0.5) is 11.4 Å². The molecule has 0 bridgehead atoms. The fraction of sp³-hybridized carbons (Fsp3) is 0.250. The Morgan fingerprint density at radius 2 is 1.73 bits per heavy atom. The zero-order valence-electron chi connectivity index (χ0n) is 16.0. The van der Waals surface area contributed by atoms with Crippen LogP contribution in [0.2, 0.25) is 0 Å². The highest BCUT2D eigenvalue weighted by atomic mass is 16.6. The standard InChI is InChI=1S/C20H19N5O5/c26-18(14-29-20-22-21-19(30-20)15-4-2-1-3-5-15)24-12-10-23(11-13-24)16-6-8-17(9-7-16)25(27)28/h1-9H,10-14H2. The van der Waals surface area contributed by atoms with Gasteiger partial charge in [0.25, 0.3) is 17.5 Å².